The summed E-state index contributed by atoms with van der Waals surface area (Å²) >= 11 is 0. The number of nitrogens with zero attached hydrogens (tertiary/aromatic N) is 1. The van der Waals surface area contributed by atoms with Gasteiger partial charge in [0.2, 0.25) is 0 Å². The van der Waals surface area contributed by atoms with Crippen LogP contribution in [0.5, 0.6) is 0 Å². The Morgan fingerprint density at radius 3 is 2.50 bits per heavy atom. The number of nitrogens with one attached hydrogen (secondary N) is 1. The lowest BCUT2D eigenvalue weighted by molar-refractivity contribution is 0.109. The van der Waals surface area contributed by atoms with Crippen molar-refractivity contribution in [2.24, 2.45) is 10.9 Å². The lowest BCUT2D eigenvalue weighted by Gasteiger charge is -2.28. The number of nitrogens with two attached hydrogens (primary N) is 1. The molecule has 0 saturated heterocycles. The van der Waals surface area contributed by atoms with Crippen molar-refractivity contribution in [1.82, 2.24) is 5.32 Å². The van der Waals surface area contributed by atoms with E-state index in [1.165, 1.54) is 0 Å². The molecule has 92 valence electrons. The van der Waals surface area contributed by atoms with Crippen LogP contribution in [0.25, 0.3) is 0 Å². The molecule has 0 bridgehead atoms. The van der Waals surface area contributed by atoms with Gasteiger partial charge in [-0.1, -0.05) is 18.0 Å². The van der Waals surface area contributed by atoms with Gasteiger partial charge >= 0.3 is 6.09 Å². The molecule has 16 heavy (non-hydrogen) atoms. The van der Waals surface area contributed by atoms with Gasteiger partial charge in [0.25, 0.3) is 0 Å². The van der Waals surface area contributed by atoms with Crippen molar-refractivity contribution < 1.29 is 14.7 Å². The Labute approximate surface area is 94.8 Å². The monoisotopic (exact) mass is 229 g/mol. The number of hydrogen-bond acceptors (Lipinski definition) is 4. The lowest BCUT2D eigenvalue weighted by atomic mass is 9.96. The maximum absolute atomic E-state index is 11.5. The third kappa shape index (κ3) is 2.77. The molecule has 0 aromatic carbocycles. The Balaban J connectivity index is 2.69. The molecular weight excluding hydrogens is 210 g/mol. The van der Waals surface area contributed by atoms with Gasteiger partial charge < -0.3 is 21.0 Å². The highest BCUT2D eigenvalue weighted by Gasteiger charge is 2.40. The van der Waals surface area contributed by atoms with Crippen LogP contribution in [0.4, 0.5) is 4.79 Å². The number of oxime groups is 1. The fraction of sp³-hybridized carbons (Fsp3) is 0.800. The van der Waals surface area contributed by atoms with E-state index in [-0.39, 0.29) is 11.9 Å². The van der Waals surface area contributed by atoms with Crippen LogP contribution in [-0.2, 0) is 4.74 Å². The molecule has 1 rings (SSSR count). The molecule has 1 aliphatic rings. The van der Waals surface area contributed by atoms with Crippen LogP contribution < -0.4 is 11.1 Å². The van der Waals surface area contributed by atoms with E-state index < -0.39 is 11.6 Å². The number of amidine groups is 1. The zero-order valence-corrected chi connectivity index (χ0v) is 9.69. The van der Waals surface area contributed by atoms with Crippen molar-refractivity contribution in [3.05, 3.63) is 0 Å². The molecule has 0 radical (unpaired) electrons. The molecule has 0 spiro atoms. The molecule has 0 atom stereocenters. The first-order valence-electron chi connectivity index (χ1n) is 5.47. The molecule has 4 N–H and O–H groups in total. The minimum Gasteiger partial charge on any atom is -0.447 e. The summed E-state index contributed by atoms with van der Waals surface area (Å²) in [5.74, 6) is 0.0470. The summed E-state index contributed by atoms with van der Waals surface area (Å²) in [5.41, 5.74) is 4.89. The first kappa shape index (κ1) is 12.6. The van der Waals surface area contributed by atoms with E-state index in [0.717, 1.165) is 12.8 Å². The van der Waals surface area contributed by atoms with Crippen molar-refractivity contribution in [2.75, 3.05) is 0 Å². The first-order chi connectivity index (χ1) is 7.50. The van der Waals surface area contributed by atoms with Crippen LogP contribution in [0.2, 0.25) is 0 Å². The van der Waals surface area contributed by atoms with Crippen LogP contribution in [0.1, 0.15) is 39.5 Å². The Morgan fingerprint density at radius 2 is 2.06 bits per heavy atom. The van der Waals surface area contributed by atoms with Crippen LogP contribution in [-0.4, -0.2) is 28.8 Å². The maximum atomic E-state index is 11.5. The lowest BCUT2D eigenvalue weighted by Crippen LogP contribution is -2.56. The molecule has 0 aliphatic heterocycles. The van der Waals surface area contributed by atoms with Gasteiger partial charge in [-0.2, -0.15) is 0 Å². The highest BCUT2D eigenvalue weighted by molar-refractivity contribution is 5.93. The summed E-state index contributed by atoms with van der Waals surface area (Å²) in [4.78, 5) is 11.5. The van der Waals surface area contributed by atoms with E-state index in [2.05, 4.69) is 10.5 Å². The van der Waals surface area contributed by atoms with Crippen molar-refractivity contribution in [1.29, 1.82) is 0 Å². The van der Waals surface area contributed by atoms with E-state index in [1.807, 2.05) is 0 Å². The Morgan fingerprint density at radius 1 is 1.50 bits per heavy atom. The van der Waals surface area contributed by atoms with Crippen LogP contribution in [0, 0.1) is 0 Å². The van der Waals surface area contributed by atoms with Gasteiger partial charge in [0, 0.05) is 0 Å². The standard InChI is InChI=1S/C10H19N3O3/c1-7(2)16-9(14)12-10(8(11)13-15)5-3-4-6-10/h7,15H,3-6H2,1-2H3,(H2,11,13)(H,12,14). The van der Waals surface area contributed by atoms with Gasteiger partial charge in [0.15, 0.2) is 5.84 Å². The van der Waals surface area contributed by atoms with Gasteiger partial charge in [-0.25, -0.2) is 4.79 Å². The van der Waals surface area contributed by atoms with Crippen molar-refractivity contribution in [3.8, 4) is 0 Å². The molecule has 0 unspecified atom stereocenters. The van der Waals surface area contributed by atoms with E-state index in [1.54, 1.807) is 13.8 Å². The topological polar surface area (TPSA) is 96.9 Å². The molecule has 6 heteroatoms. The average molecular weight is 229 g/mol. The molecule has 1 saturated carbocycles. The summed E-state index contributed by atoms with van der Waals surface area (Å²) in [5, 5.41) is 14.4. The molecule has 6 nitrogen and oxygen atoms in total. The zero-order valence-electron chi connectivity index (χ0n) is 9.69. The smallest absolute Gasteiger partial charge is 0.408 e. The Hall–Kier alpha value is -1.46. The summed E-state index contributed by atoms with van der Waals surface area (Å²) in [6.07, 6.45) is 2.52. The molecule has 1 aliphatic carbocycles. The quantitative estimate of drug-likeness (QED) is 0.293. The van der Waals surface area contributed by atoms with Gasteiger partial charge in [-0.05, 0) is 26.7 Å². The minimum absolute atomic E-state index is 0.0470. The maximum Gasteiger partial charge on any atom is 0.408 e. The molecule has 0 aromatic rings. The fourth-order valence-electron chi connectivity index (χ4n) is 1.96. The third-order valence-corrected chi connectivity index (χ3v) is 2.74. The number of hydrogen-bond donors (Lipinski definition) is 3. The zero-order chi connectivity index (χ0) is 12.2. The molecular formula is C10H19N3O3. The average Bonchev–Trinajstić information content (AvgIpc) is 2.64. The number of carbonyl (C=O) groups is 1. The van der Waals surface area contributed by atoms with Crippen LogP contribution in [0.3, 0.4) is 0 Å². The fourth-order valence-corrected chi connectivity index (χ4v) is 1.96. The van der Waals surface area contributed by atoms with Crippen molar-refractivity contribution >= 4 is 11.9 Å². The predicted octanol–water partition coefficient (Wildman–Crippen LogP) is 1.18. The second kappa shape index (κ2) is 5.05. The summed E-state index contributed by atoms with van der Waals surface area (Å²) < 4.78 is 4.99. The van der Waals surface area contributed by atoms with Crippen LogP contribution >= 0.6 is 0 Å². The number of alkyl carbamates (subject to hydrolysis) is 1. The number of rotatable bonds is 3. The second-order valence-corrected chi connectivity index (χ2v) is 4.35. The Kier molecular flexibility index (Phi) is 3.98. The largest absolute Gasteiger partial charge is 0.447 e. The number of ether oxygens (including phenoxy) is 1. The SMILES string of the molecule is CC(C)OC(=O)NC1(C(N)=NO)CCCC1. The van der Waals surface area contributed by atoms with Crippen molar-refractivity contribution in [3.63, 3.8) is 0 Å². The molecule has 1 fully saturated rings. The normalized spacial score (nSPS) is 19.8. The third-order valence-electron chi connectivity index (χ3n) is 2.74. The number of amides is 1. The molecule has 1 amide bonds. The highest BCUT2D eigenvalue weighted by atomic mass is 16.6. The Bertz CT molecular complexity index is 283. The van der Waals surface area contributed by atoms with Crippen molar-refractivity contribution in [2.45, 2.75) is 51.2 Å². The van der Waals surface area contributed by atoms with E-state index in [9.17, 15) is 4.79 Å². The van der Waals surface area contributed by atoms with Crippen LogP contribution in [0.15, 0.2) is 5.16 Å². The number of carbonyl (C=O) groups excluding carboxylic acids is 1. The molecule has 0 heterocycles. The van der Waals surface area contributed by atoms with Gasteiger partial charge in [0.05, 0.1) is 6.10 Å². The van der Waals surface area contributed by atoms with Gasteiger partial charge in [-0.3, -0.25) is 0 Å². The highest BCUT2D eigenvalue weighted by Crippen LogP contribution is 2.30. The summed E-state index contributed by atoms with van der Waals surface area (Å²) in [6.45, 7) is 3.54. The summed E-state index contributed by atoms with van der Waals surface area (Å²) in [6, 6.07) is 0. The van der Waals surface area contributed by atoms with E-state index in [4.69, 9.17) is 15.7 Å². The summed E-state index contributed by atoms with van der Waals surface area (Å²) in [7, 11) is 0. The first-order valence-corrected chi connectivity index (χ1v) is 5.47. The molecule has 0 aromatic heterocycles. The van der Waals surface area contributed by atoms with Gasteiger partial charge in [-0.15, -0.1) is 0 Å². The predicted molar refractivity (Wildman–Crippen MR) is 59.4 cm³/mol. The van der Waals surface area contributed by atoms with E-state index >= 15 is 0 Å². The minimum atomic E-state index is -0.735. The van der Waals surface area contributed by atoms with E-state index in [0.29, 0.717) is 12.8 Å². The van der Waals surface area contributed by atoms with Gasteiger partial charge in [0.1, 0.15) is 5.54 Å². The second-order valence-electron chi connectivity index (χ2n) is 4.35.